The molecule has 19 heavy (non-hydrogen) atoms. The SMILES string of the molecule is CNc1cnnc(Oc2cc(C(F)(F)F)nn2C)c1. The highest BCUT2D eigenvalue weighted by Gasteiger charge is 2.35. The van der Waals surface area contributed by atoms with E-state index in [0.29, 0.717) is 5.69 Å². The van der Waals surface area contributed by atoms with Crippen LogP contribution in [0.2, 0.25) is 0 Å². The number of hydrogen-bond donors (Lipinski definition) is 1. The maximum atomic E-state index is 12.5. The van der Waals surface area contributed by atoms with Crippen LogP contribution in [0.4, 0.5) is 18.9 Å². The molecule has 0 saturated heterocycles. The summed E-state index contributed by atoms with van der Waals surface area (Å²) < 4.78 is 43.6. The molecule has 0 atom stereocenters. The predicted octanol–water partition coefficient (Wildman–Crippen LogP) is 2.06. The Morgan fingerprint density at radius 1 is 1.32 bits per heavy atom. The maximum absolute atomic E-state index is 12.5. The van der Waals surface area contributed by atoms with Crippen LogP contribution < -0.4 is 10.1 Å². The fraction of sp³-hybridized carbons (Fsp3) is 0.300. The minimum atomic E-state index is -4.52. The summed E-state index contributed by atoms with van der Waals surface area (Å²) in [6.07, 6.45) is -3.06. The van der Waals surface area contributed by atoms with E-state index in [-0.39, 0.29) is 11.8 Å². The van der Waals surface area contributed by atoms with E-state index in [1.165, 1.54) is 19.3 Å². The summed E-state index contributed by atoms with van der Waals surface area (Å²) in [5.74, 6) is -0.00143. The Labute approximate surface area is 106 Å². The zero-order valence-electron chi connectivity index (χ0n) is 10.1. The standard InChI is InChI=1S/C10H10F3N5O/c1-14-6-3-8(16-15-5-6)19-9-4-7(10(11,12)13)17-18(9)2/h3-5H,1-2H3,(H,14,16). The Morgan fingerprint density at radius 3 is 2.63 bits per heavy atom. The molecule has 0 aliphatic heterocycles. The molecule has 0 bridgehead atoms. The van der Waals surface area contributed by atoms with Crippen LogP contribution in [-0.2, 0) is 13.2 Å². The Balaban J connectivity index is 2.26. The lowest BCUT2D eigenvalue weighted by atomic mass is 10.4. The van der Waals surface area contributed by atoms with Gasteiger partial charge >= 0.3 is 6.18 Å². The summed E-state index contributed by atoms with van der Waals surface area (Å²) in [5, 5.41) is 13.4. The lowest BCUT2D eigenvalue weighted by Gasteiger charge is -2.04. The van der Waals surface area contributed by atoms with Crippen molar-refractivity contribution in [3.8, 4) is 11.8 Å². The Bertz CT molecular complexity index is 581. The van der Waals surface area contributed by atoms with E-state index in [1.54, 1.807) is 7.05 Å². The molecule has 0 radical (unpaired) electrons. The molecule has 0 aliphatic rings. The first-order valence-corrected chi connectivity index (χ1v) is 5.19. The molecule has 2 aromatic rings. The summed E-state index contributed by atoms with van der Waals surface area (Å²) in [7, 11) is 3.02. The smallest absolute Gasteiger partial charge is 0.419 e. The van der Waals surface area contributed by atoms with Crippen molar-refractivity contribution in [1.82, 2.24) is 20.0 Å². The Morgan fingerprint density at radius 2 is 2.05 bits per heavy atom. The molecule has 0 amide bonds. The van der Waals surface area contributed by atoms with Crippen molar-refractivity contribution < 1.29 is 17.9 Å². The molecule has 6 nitrogen and oxygen atoms in total. The summed E-state index contributed by atoms with van der Waals surface area (Å²) in [5.41, 5.74) is -0.397. The molecule has 0 saturated carbocycles. The third kappa shape index (κ3) is 2.92. The van der Waals surface area contributed by atoms with Crippen molar-refractivity contribution in [2.75, 3.05) is 12.4 Å². The van der Waals surface area contributed by atoms with Crippen LogP contribution in [0.3, 0.4) is 0 Å². The van der Waals surface area contributed by atoms with Gasteiger partial charge in [-0.3, -0.25) is 0 Å². The van der Waals surface area contributed by atoms with Crippen LogP contribution in [0.15, 0.2) is 18.3 Å². The molecule has 0 aliphatic carbocycles. The normalized spacial score (nSPS) is 11.4. The molecule has 0 spiro atoms. The third-order valence-corrected chi connectivity index (χ3v) is 2.26. The molecule has 2 heterocycles. The molecule has 2 aromatic heterocycles. The number of nitrogens with one attached hydrogen (secondary N) is 1. The van der Waals surface area contributed by atoms with Crippen molar-refractivity contribution in [2.45, 2.75) is 6.18 Å². The van der Waals surface area contributed by atoms with E-state index in [9.17, 15) is 13.2 Å². The molecule has 102 valence electrons. The number of hydrogen-bond acceptors (Lipinski definition) is 5. The number of aromatic nitrogens is 4. The van der Waals surface area contributed by atoms with E-state index < -0.39 is 11.9 Å². The van der Waals surface area contributed by atoms with E-state index in [2.05, 4.69) is 20.6 Å². The summed E-state index contributed by atoms with van der Waals surface area (Å²) in [6, 6.07) is 2.31. The van der Waals surface area contributed by atoms with Crippen molar-refractivity contribution in [3.63, 3.8) is 0 Å². The summed E-state index contributed by atoms with van der Waals surface area (Å²) >= 11 is 0. The highest BCUT2D eigenvalue weighted by molar-refractivity contribution is 5.42. The van der Waals surface area contributed by atoms with Crippen molar-refractivity contribution >= 4 is 5.69 Å². The van der Waals surface area contributed by atoms with Crippen LogP contribution in [0, 0.1) is 0 Å². The van der Waals surface area contributed by atoms with Gasteiger partial charge in [-0.15, -0.1) is 5.10 Å². The van der Waals surface area contributed by atoms with Gasteiger partial charge in [-0.1, -0.05) is 0 Å². The van der Waals surface area contributed by atoms with Gasteiger partial charge in [0.2, 0.25) is 11.8 Å². The van der Waals surface area contributed by atoms with Crippen molar-refractivity contribution in [1.29, 1.82) is 0 Å². The van der Waals surface area contributed by atoms with E-state index in [4.69, 9.17) is 4.74 Å². The minimum absolute atomic E-state index is 0.0728. The number of rotatable bonds is 3. The van der Waals surface area contributed by atoms with Crippen LogP contribution in [-0.4, -0.2) is 27.0 Å². The monoisotopic (exact) mass is 273 g/mol. The second-order valence-electron chi connectivity index (χ2n) is 3.62. The topological polar surface area (TPSA) is 64.9 Å². The highest BCUT2D eigenvalue weighted by atomic mass is 19.4. The third-order valence-electron chi connectivity index (χ3n) is 2.26. The minimum Gasteiger partial charge on any atom is -0.419 e. The number of nitrogens with zero attached hydrogens (tertiary/aromatic N) is 4. The highest BCUT2D eigenvalue weighted by Crippen LogP contribution is 2.31. The molecule has 2 rings (SSSR count). The van der Waals surface area contributed by atoms with Crippen LogP contribution >= 0.6 is 0 Å². The average Bonchev–Trinajstić information content (AvgIpc) is 2.71. The van der Waals surface area contributed by atoms with E-state index in [0.717, 1.165) is 10.7 Å². The second kappa shape index (κ2) is 4.75. The number of halogens is 3. The predicted molar refractivity (Wildman–Crippen MR) is 59.9 cm³/mol. The van der Waals surface area contributed by atoms with E-state index in [1.807, 2.05) is 0 Å². The van der Waals surface area contributed by atoms with Gasteiger partial charge < -0.3 is 10.1 Å². The molecule has 0 unspecified atom stereocenters. The first kappa shape index (κ1) is 13.1. The largest absolute Gasteiger partial charge is 0.435 e. The van der Waals surface area contributed by atoms with Crippen molar-refractivity contribution in [2.24, 2.45) is 7.05 Å². The lowest BCUT2D eigenvalue weighted by Crippen LogP contribution is -2.06. The van der Waals surface area contributed by atoms with Gasteiger partial charge in [-0.25, -0.2) is 4.68 Å². The van der Waals surface area contributed by atoms with Gasteiger partial charge in [-0.05, 0) is 0 Å². The van der Waals surface area contributed by atoms with Gasteiger partial charge in [-0.2, -0.15) is 23.4 Å². The molecule has 9 heteroatoms. The lowest BCUT2D eigenvalue weighted by molar-refractivity contribution is -0.141. The second-order valence-corrected chi connectivity index (χ2v) is 3.62. The molecule has 1 N–H and O–H groups in total. The molecule has 0 fully saturated rings. The first-order chi connectivity index (χ1) is 8.90. The van der Waals surface area contributed by atoms with Gasteiger partial charge in [0.15, 0.2) is 5.69 Å². The maximum Gasteiger partial charge on any atom is 0.435 e. The summed E-state index contributed by atoms with van der Waals surface area (Å²) in [6.45, 7) is 0. The number of anilines is 1. The van der Waals surface area contributed by atoms with Gasteiger partial charge in [0.1, 0.15) is 0 Å². The zero-order chi connectivity index (χ0) is 14.0. The van der Waals surface area contributed by atoms with E-state index >= 15 is 0 Å². The quantitative estimate of drug-likeness (QED) is 0.927. The fourth-order valence-electron chi connectivity index (χ4n) is 1.33. The Kier molecular flexibility index (Phi) is 3.28. The number of aryl methyl sites for hydroxylation is 1. The van der Waals surface area contributed by atoms with Crippen LogP contribution in [0.25, 0.3) is 0 Å². The van der Waals surface area contributed by atoms with Crippen LogP contribution in [0.1, 0.15) is 5.69 Å². The van der Waals surface area contributed by atoms with Gasteiger partial charge in [0.25, 0.3) is 0 Å². The average molecular weight is 273 g/mol. The zero-order valence-corrected chi connectivity index (χ0v) is 10.1. The van der Waals surface area contributed by atoms with Crippen LogP contribution in [0.5, 0.6) is 11.8 Å². The van der Waals surface area contributed by atoms with Gasteiger partial charge in [0, 0.05) is 26.2 Å². The molecular formula is C10H10F3N5O. The number of alkyl halides is 3. The number of ether oxygens (including phenoxy) is 1. The molecular weight excluding hydrogens is 263 g/mol. The van der Waals surface area contributed by atoms with Gasteiger partial charge in [0.05, 0.1) is 11.9 Å². The summed E-state index contributed by atoms with van der Waals surface area (Å²) in [4.78, 5) is 0. The molecule has 0 aromatic carbocycles. The van der Waals surface area contributed by atoms with Crippen molar-refractivity contribution in [3.05, 3.63) is 24.0 Å². The fourth-order valence-corrected chi connectivity index (χ4v) is 1.33. The Hall–Kier alpha value is -2.32. The first-order valence-electron chi connectivity index (χ1n) is 5.19.